The van der Waals surface area contributed by atoms with E-state index >= 15 is 0 Å². The van der Waals surface area contributed by atoms with Gasteiger partial charge in [0.05, 0.1) is 5.41 Å². The van der Waals surface area contributed by atoms with Crippen molar-refractivity contribution in [3.63, 3.8) is 0 Å². The standard InChI is InChI=1S/C37H74O2/c1-6-8-10-12-14-16-18-20-22-24-26-28-30-32-35(5)37(34(3)4,36(38)39)33-31-29-27-25-23-21-19-17-15-13-11-9-7-2/h34-35H,6-33H2,1-5H3,(H,38,39). The highest BCUT2D eigenvalue weighted by molar-refractivity contribution is 5.75. The summed E-state index contributed by atoms with van der Waals surface area (Å²) in [5, 5.41) is 10.4. The zero-order valence-corrected chi connectivity index (χ0v) is 27.8. The molecule has 0 rings (SSSR count). The van der Waals surface area contributed by atoms with Crippen molar-refractivity contribution in [2.24, 2.45) is 17.3 Å². The van der Waals surface area contributed by atoms with Gasteiger partial charge in [-0.15, -0.1) is 0 Å². The first kappa shape index (κ1) is 38.5. The van der Waals surface area contributed by atoms with Gasteiger partial charge in [0.2, 0.25) is 0 Å². The molecule has 1 N–H and O–H groups in total. The van der Waals surface area contributed by atoms with E-state index in [0.717, 1.165) is 19.3 Å². The minimum atomic E-state index is -0.547. The van der Waals surface area contributed by atoms with Crippen LogP contribution in [0.4, 0.5) is 0 Å². The monoisotopic (exact) mass is 551 g/mol. The van der Waals surface area contributed by atoms with Crippen molar-refractivity contribution >= 4 is 5.97 Å². The lowest BCUT2D eigenvalue weighted by Crippen LogP contribution is -2.42. The van der Waals surface area contributed by atoms with E-state index in [2.05, 4.69) is 34.6 Å². The second-order valence-electron chi connectivity index (χ2n) is 13.4. The largest absolute Gasteiger partial charge is 0.481 e. The molecule has 0 saturated carbocycles. The summed E-state index contributed by atoms with van der Waals surface area (Å²) in [7, 11) is 0. The van der Waals surface area contributed by atoms with Crippen LogP contribution in [0.2, 0.25) is 0 Å². The Kier molecular flexibility index (Phi) is 27.3. The van der Waals surface area contributed by atoms with Gasteiger partial charge in [0, 0.05) is 0 Å². The van der Waals surface area contributed by atoms with Crippen molar-refractivity contribution < 1.29 is 9.90 Å². The zero-order valence-electron chi connectivity index (χ0n) is 27.8. The average molecular weight is 551 g/mol. The summed E-state index contributed by atoms with van der Waals surface area (Å²) in [4.78, 5) is 12.6. The van der Waals surface area contributed by atoms with E-state index in [1.807, 2.05) is 0 Å². The summed E-state index contributed by atoms with van der Waals surface area (Å²) < 4.78 is 0. The minimum Gasteiger partial charge on any atom is -0.481 e. The molecule has 0 amide bonds. The highest BCUT2D eigenvalue weighted by Crippen LogP contribution is 2.43. The maximum absolute atomic E-state index is 12.6. The summed E-state index contributed by atoms with van der Waals surface area (Å²) in [5.74, 6) is -0.0806. The molecular weight excluding hydrogens is 476 g/mol. The lowest BCUT2D eigenvalue weighted by Gasteiger charge is -2.39. The van der Waals surface area contributed by atoms with E-state index in [1.54, 1.807) is 0 Å². The first-order valence-electron chi connectivity index (χ1n) is 18.2. The van der Waals surface area contributed by atoms with Crippen molar-refractivity contribution in [1.29, 1.82) is 0 Å². The van der Waals surface area contributed by atoms with Crippen molar-refractivity contribution in [3.05, 3.63) is 0 Å². The molecule has 2 unspecified atom stereocenters. The van der Waals surface area contributed by atoms with Crippen LogP contribution in [0.25, 0.3) is 0 Å². The third-order valence-electron chi connectivity index (χ3n) is 9.74. The van der Waals surface area contributed by atoms with Crippen molar-refractivity contribution in [2.75, 3.05) is 0 Å². The van der Waals surface area contributed by atoms with Gasteiger partial charge in [-0.25, -0.2) is 0 Å². The molecule has 0 aliphatic heterocycles. The highest BCUT2D eigenvalue weighted by atomic mass is 16.4. The van der Waals surface area contributed by atoms with Crippen molar-refractivity contribution in [2.45, 2.75) is 214 Å². The number of aliphatic carboxylic acids is 1. The van der Waals surface area contributed by atoms with Gasteiger partial charge < -0.3 is 5.11 Å². The van der Waals surface area contributed by atoms with Crippen molar-refractivity contribution in [3.8, 4) is 0 Å². The molecule has 0 heterocycles. The van der Waals surface area contributed by atoms with Crippen LogP contribution in [0.3, 0.4) is 0 Å². The number of carboxylic acids is 1. The number of hydrogen-bond donors (Lipinski definition) is 1. The topological polar surface area (TPSA) is 37.3 Å². The highest BCUT2D eigenvalue weighted by Gasteiger charge is 2.45. The Morgan fingerprint density at radius 1 is 0.487 bits per heavy atom. The van der Waals surface area contributed by atoms with E-state index in [4.69, 9.17) is 0 Å². The normalized spacial score (nSPS) is 14.1. The van der Waals surface area contributed by atoms with Gasteiger partial charge in [-0.05, 0) is 24.7 Å². The van der Waals surface area contributed by atoms with Gasteiger partial charge >= 0.3 is 5.97 Å². The number of rotatable bonds is 31. The molecule has 234 valence electrons. The quantitative estimate of drug-likeness (QED) is 0.0871. The summed E-state index contributed by atoms with van der Waals surface area (Å²) in [6.45, 7) is 11.1. The Morgan fingerprint density at radius 3 is 1.05 bits per heavy atom. The molecule has 2 nitrogen and oxygen atoms in total. The van der Waals surface area contributed by atoms with Crippen LogP contribution in [0.5, 0.6) is 0 Å². The summed E-state index contributed by atoms with van der Waals surface area (Å²) in [5.41, 5.74) is -0.547. The van der Waals surface area contributed by atoms with E-state index in [1.165, 1.54) is 161 Å². The number of unbranched alkanes of at least 4 members (excludes halogenated alkanes) is 24. The first-order chi connectivity index (χ1) is 18.9. The molecule has 2 atom stereocenters. The second kappa shape index (κ2) is 27.6. The smallest absolute Gasteiger partial charge is 0.310 e. The van der Waals surface area contributed by atoms with Crippen molar-refractivity contribution in [1.82, 2.24) is 0 Å². The Hall–Kier alpha value is -0.530. The molecule has 0 saturated heterocycles. The van der Waals surface area contributed by atoms with Gasteiger partial charge in [0.15, 0.2) is 0 Å². The predicted molar refractivity (Wildman–Crippen MR) is 175 cm³/mol. The zero-order chi connectivity index (χ0) is 29.0. The first-order valence-corrected chi connectivity index (χ1v) is 18.2. The summed E-state index contributed by atoms with van der Waals surface area (Å²) in [6, 6.07) is 0. The summed E-state index contributed by atoms with van der Waals surface area (Å²) in [6.07, 6.45) is 37.2. The maximum atomic E-state index is 12.6. The van der Waals surface area contributed by atoms with Gasteiger partial charge in [-0.3, -0.25) is 4.79 Å². The van der Waals surface area contributed by atoms with Crippen LogP contribution in [-0.4, -0.2) is 11.1 Å². The second-order valence-corrected chi connectivity index (χ2v) is 13.4. The summed E-state index contributed by atoms with van der Waals surface area (Å²) >= 11 is 0. The molecule has 0 fully saturated rings. The molecular formula is C37H74O2. The predicted octanol–water partition coefficient (Wildman–Crippen LogP) is 13.3. The van der Waals surface area contributed by atoms with Gasteiger partial charge in [-0.2, -0.15) is 0 Å². The molecule has 0 aliphatic carbocycles. The van der Waals surface area contributed by atoms with E-state index < -0.39 is 11.4 Å². The molecule has 0 bridgehead atoms. The number of carbonyl (C=O) groups is 1. The Morgan fingerprint density at radius 2 is 0.769 bits per heavy atom. The fourth-order valence-corrected chi connectivity index (χ4v) is 6.83. The molecule has 39 heavy (non-hydrogen) atoms. The maximum Gasteiger partial charge on any atom is 0.310 e. The van der Waals surface area contributed by atoms with Gasteiger partial charge in [0.1, 0.15) is 0 Å². The molecule has 0 spiro atoms. The van der Waals surface area contributed by atoms with E-state index in [9.17, 15) is 9.90 Å². The third kappa shape index (κ3) is 20.1. The molecule has 2 heteroatoms. The minimum absolute atomic E-state index is 0.198. The van der Waals surface area contributed by atoms with E-state index in [0.29, 0.717) is 0 Å². The van der Waals surface area contributed by atoms with E-state index in [-0.39, 0.29) is 11.8 Å². The molecule has 0 aromatic carbocycles. The lowest BCUT2D eigenvalue weighted by atomic mass is 9.64. The molecule has 0 radical (unpaired) electrons. The van der Waals surface area contributed by atoms with Gasteiger partial charge in [-0.1, -0.05) is 202 Å². The molecule has 0 aromatic heterocycles. The van der Waals surface area contributed by atoms with Crippen LogP contribution in [0.15, 0.2) is 0 Å². The van der Waals surface area contributed by atoms with Crippen LogP contribution in [0.1, 0.15) is 214 Å². The molecule has 0 aliphatic rings. The Bertz CT molecular complexity index is 514. The third-order valence-corrected chi connectivity index (χ3v) is 9.74. The molecule has 0 aromatic rings. The lowest BCUT2D eigenvalue weighted by molar-refractivity contribution is -0.157. The Balaban J connectivity index is 4.01. The number of carboxylic acid groups (broad SMARTS) is 1. The number of hydrogen-bond acceptors (Lipinski definition) is 1. The SMILES string of the molecule is CCCCCCCCCCCCCCCC(C)C(CCCCCCCCCCCCCCC)(C(=O)O)C(C)C. The van der Waals surface area contributed by atoms with Crippen LogP contribution in [-0.2, 0) is 4.79 Å². The van der Waals surface area contributed by atoms with Crippen LogP contribution in [0, 0.1) is 17.3 Å². The fraction of sp³-hybridized carbons (Fsp3) is 0.973. The van der Waals surface area contributed by atoms with Crippen LogP contribution < -0.4 is 0 Å². The average Bonchev–Trinajstić information content (AvgIpc) is 2.91. The fourth-order valence-electron chi connectivity index (χ4n) is 6.83. The Labute approximate surface area is 247 Å². The van der Waals surface area contributed by atoms with Gasteiger partial charge in [0.25, 0.3) is 0 Å². The van der Waals surface area contributed by atoms with Crippen LogP contribution >= 0.6 is 0 Å².